The summed E-state index contributed by atoms with van der Waals surface area (Å²) >= 11 is 1.78. The van der Waals surface area contributed by atoms with Gasteiger partial charge in [-0.05, 0) is 23.4 Å². The SMILES string of the molecule is CCc1c(COOC)sc2ccccc12. The zero-order valence-corrected chi connectivity index (χ0v) is 9.76. The van der Waals surface area contributed by atoms with Gasteiger partial charge in [0.25, 0.3) is 0 Å². The maximum Gasteiger partial charge on any atom is 0.117 e. The smallest absolute Gasteiger partial charge is 0.117 e. The molecule has 0 aliphatic heterocycles. The highest BCUT2D eigenvalue weighted by Crippen LogP contribution is 2.32. The predicted molar refractivity (Wildman–Crippen MR) is 63.0 cm³/mol. The molecule has 0 radical (unpaired) electrons. The van der Waals surface area contributed by atoms with Crippen LogP contribution in [0.4, 0.5) is 0 Å². The Morgan fingerprint density at radius 1 is 1.27 bits per heavy atom. The first-order chi connectivity index (χ1) is 7.36. The maximum atomic E-state index is 5.00. The van der Waals surface area contributed by atoms with Gasteiger partial charge in [0.1, 0.15) is 6.61 Å². The molecule has 0 spiro atoms. The standard InChI is InChI=1S/C12H14O2S/c1-3-9-10-6-4-5-7-11(10)15-12(9)8-14-13-2/h4-7H,3,8H2,1-2H3. The van der Waals surface area contributed by atoms with Gasteiger partial charge in [-0.1, -0.05) is 25.1 Å². The van der Waals surface area contributed by atoms with E-state index in [1.165, 1.54) is 20.5 Å². The van der Waals surface area contributed by atoms with Crippen LogP contribution >= 0.6 is 11.3 Å². The number of thiophene rings is 1. The quantitative estimate of drug-likeness (QED) is 0.582. The normalized spacial score (nSPS) is 11.1. The van der Waals surface area contributed by atoms with Crippen LogP contribution in [0.5, 0.6) is 0 Å². The summed E-state index contributed by atoms with van der Waals surface area (Å²) in [7, 11) is 1.54. The van der Waals surface area contributed by atoms with Gasteiger partial charge >= 0.3 is 0 Å². The predicted octanol–water partition coefficient (Wildman–Crippen LogP) is 3.54. The largest absolute Gasteiger partial charge is 0.240 e. The van der Waals surface area contributed by atoms with Crippen LogP contribution in [0.15, 0.2) is 24.3 Å². The number of hydrogen-bond acceptors (Lipinski definition) is 3. The molecule has 15 heavy (non-hydrogen) atoms. The second-order valence-electron chi connectivity index (χ2n) is 3.28. The van der Waals surface area contributed by atoms with E-state index in [2.05, 4.69) is 36.1 Å². The van der Waals surface area contributed by atoms with E-state index < -0.39 is 0 Å². The first kappa shape index (κ1) is 10.6. The van der Waals surface area contributed by atoms with Crippen molar-refractivity contribution >= 4 is 21.4 Å². The molecule has 2 aromatic rings. The number of rotatable bonds is 4. The number of aryl methyl sites for hydroxylation is 1. The Bertz CT molecular complexity index is 448. The molecule has 0 amide bonds. The zero-order chi connectivity index (χ0) is 10.7. The molecule has 1 aromatic carbocycles. The van der Waals surface area contributed by atoms with Crippen molar-refractivity contribution in [1.29, 1.82) is 0 Å². The average Bonchev–Trinajstić information content (AvgIpc) is 2.63. The summed E-state index contributed by atoms with van der Waals surface area (Å²) < 4.78 is 1.32. The number of hydrogen-bond donors (Lipinski definition) is 0. The number of benzene rings is 1. The lowest BCUT2D eigenvalue weighted by Crippen LogP contribution is -1.91. The zero-order valence-electron chi connectivity index (χ0n) is 8.95. The summed E-state index contributed by atoms with van der Waals surface area (Å²) in [6.45, 7) is 2.71. The highest BCUT2D eigenvalue weighted by molar-refractivity contribution is 7.19. The summed E-state index contributed by atoms with van der Waals surface area (Å²) in [5, 5.41) is 1.35. The van der Waals surface area contributed by atoms with Gasteiger partial charge in [-0.2, -0.15) is 0 Å². The van der Waals surface area contributed by atoms with Gasteiger partial charge in [-0.3, -0.25) is 0 Å². The second-order valence-corrected chi connectivity index (χ2v) is 4.42. The summed E-state index contributed by atoms with van der Waals surface area (Å²) in [6.07, 6.45) is 1.03. The molecule has 0 aliphatic carbocycles. The van der Waals surface area contributed by atoms with Crippen LogP contribution in [0.3, 0.4) is 0 Å². The van der Waals surface area contributed by atoms with Gasteiger partial charge in [0, 0.05) is 9.58 Å². The molecule has 0 aliphatic rings. The fraction of sp³-hybridized carbons (Fsp3) is 0.333. The van der Waals surface area contributed by atoms with Gasteiger partial charge in [0.2, 0.25) is 0 Å². The number of fused-ring (bicyclic) bond motifs is 1. The highest BCUT2D eigenvalue weighted by Gasteiger charge is 2.09. The van der Waals surface area contributed by atoms with Crippen molar-refractivity contribution < 1.29 is 9.78 Å². The topological polar surface area (TPSA) is 18.5 Å². The third-order valence-corrected chi connectivity index (χ3v) is 3.63. The molecule has 2 rings (SSSR count). The summed E-state index contributed by atoms with van der Waals surface area (Å²) in [6, 6.07) is 8.46. The van der Waals surface area contributed by atoms with Crippen LogP contribution in [-0.2, 0) is 22.8 Å². The molecule has 0 N–H and O–H groups in total. The van der Waals surface area contributed by atoms with Crippen LogP contribution in [-0.4, -0.2) is 7.11 Å². The van der Waals surface area contributed by atoms with E-state index in [0.717, 1.165) is 6.42 Å². The minimum Gasteiger partial charge on any atom is -0.240 e. The van der Waals surface area contributed by atoms with Crippen LogP contribution in [0.25, 0.3) is 10.1 Å². The molecule has 0 saturated carbocycles. The molecule has 1 heterocycles. The molecule has 1 aromatic heterocycles. The van der Waals surface area contributed by atoms with Crippen LogP contribution in [0.1, 0.15) is 17.4 Å². The molecule has 0 fully saturated rings. The van der Waals surface area contributed by atoms with E-state index in [4.69, 9.17) is 4.89 Å². The molecule has 0 saturated heterocycles. The Hall–Kier alpha value is -0.900. The summed E-state index contributed by atoms with van der Waals surface area (Å²) in [5.41, 5.74) is 1.38. The lowest BCUT2D eigenvalue weighted by molar-refractivity contribution is -0.281. The van der Waals surface area contributed by atoms with Crippen molar-refractivity contribution in [2.75, 3.05) is 7.11 Å². The highest BCUT2D eigenvalue weighted by atomic mass is 32.1. The van der Waals surface area contributed by atoms with Crippen molar-refractivity contribution in [3.8, 4) is 0 Å². The van der Waals surface area contributed by atoms with Crippen molar-refractivity contribution in [2.24, 2.45) is 0 Å². The minimum atomic E-state index is 0.541. The van der Waals surface area contributed by atoms with Gasteiger partial charge in [0.15, 0.2) is 0 Å². The maximum absolute atomic E-state index is 5.00. The first-order valence-corrected chi connectivity index (χ1v) is 5.83. The third-order valence-electron chi connectivity index (χ3n) is 2.44. The molecule has 2 nitrogen and oxygen atoms in total. The molecular formula is C12H14O2S. The second kappa shape index (κ2) is 4.75. The van der Waals surface area contributed by atoms with Crippen molar-refractivity contribution in [1.82, 2.24) is 0 Å². The van der Waals surface area contributed by atoms with Gasteiger partial charge in [-0.25, -0.2) is 9.78 Å². The Balaban J connectivity index is 2.44. The summed E-state index contributed by atoms with van der Waals surface area (Å²) in [5.74, 6) is 0. The fourth-order valence-corrected chi connectivity index (χ4v) is 2.96. The lowest BCUT2D eigenvalue weighted by atomic mass is 10.1. The molecular weight excluding hydrogens is 208 g/mol. The molecule has 0 bridgehead atoms. The van der Waals surface area contributed by atoms with Crippen molar-refractivity contribution in [2.45, 2.75) is 20.0 Å². The van der Waals surface area contributed by atoms with E-state index in [1.807, 2.05) is 0 Å². The molecule has 80 valence electrons. The van der Waals surface area contributed by atoms with E-state index in [1.54, 1.807) is 18.4 Å². The van der Waals surface area contributed by atoms with Crippen molar-refractivity contribution in [3.63, 3.8) is 0 Å². The average molecular weight is 222 g/mol. The van der Waals surface area contributed by atoms with E-state index >= 15 is 0 Å². The van der Waals surface area contributed by atoms with E-state index in [9.17, 15) is 0 Å². The van der Waals surface area contributed by atoms with E-state index in [0.29, 0.717) is 6.61 Å². The fourth-order valence-electron chi connectivity index (χ4n) is 1.77. The van der Waals surface area contributed by atoms with Gasteiger partial charge in [-0.15, -0.1) is 11.3 Å². The Morgan fingerprint density at radius 3 is 2.80 bits per heavy atom. The third kappa shape index (κ3) is 2.04. The van der Waals surface area contributed by atoms with Gasteiger partial charge in [0.05, 0.1) is 7.11 Å². The van der Waals surface area contributed by atoms with E-state index in [-0.39, 0.29) is 0 Å². The van der Waals surface area contributed by atoms with Crippen LogP contribution < -0.4 is 0 Å². The molecule has 0 unspecified atom stereocenters. The van der Waals surface area contributed by atoms with Crippen molar-refractivity contribution in [3.05, 3.63) is 34.7 Å². The lowest BCUT2D eigenvalue weighted by Gasteiger charge is -2.00. The molecule has 3 heteroatoms. The first-order valence-electron chi connectivity index (χ1n) is 5.01. The molecule has 0 atom stereocenters. The van der Waals surface area contributed by atoms with Crippen LogP contribution in [0.2, 0.25) is 0 Å². The van der Waals surface area contributed by atoms with Gasteiger partial charge < -0.3 is 0 Å². The van der Waals surface area contributed by atoms with Crippen LogP contribution in [0, 0.1) is 0 Å². The Labute approximate surface area is 93.4 Å². The Kier molecular flexibility index (Phi) is 3.36. The monoisotopic (exact) mass is 222 g/mol. The summed E-state index contributed by atoms with van der Waals surface area (Å²) in [4.78, 5) is 10.9. The Morgan fingerprint density at radius 2 is 2.07 bits per heavy atom. The minimum absolute atomic E-state index is 0.541.